The lowest BCUT2D eigenvalue weighted by Gasteiger charge is -2.14. The van der Waals surface area contributed by atoms with Gasteiger partial charge in [0.05, 0.1) is 29.7 Å². The summed E-state index contributed by atoms with van der Waals surface area (Å²) in [7, 11) is -5.06. The predicted octanol–water partition coefficient (Wildman–Crippen LogP) is 4.87. The first-order valence-corrected chi connectivity index (χ1v) is 14.8. The molecule has 0 saturated carbocycles. The third-order valence-corrected chi connectivity index (χ3v) is 8.74. The summed E-state index contributed by atoms with van der Waals surface area (Å²) in [5, 5.41) is 2.66. The first-order valence-electron chi connectivity index (χ1n) is 11.9. The van der Waals surface area contributed by atoms with Crippen molar-refractivity contribution in [3.05, 3.63) is 102 Å². The van der Waals surface area contributed by atoms with Gasteiger partial charge >= 0.3 is 0 Å². The Kier molecular flexibility index (Phi) is 8.31. The number of carbonyl (C=O) groups excluding carboxylic acids is 1. The summed E-state index contributed by atoms with van der Waals surface area (Å²) in [6.07, 6.45) is 0. The Morgan fingerprint density at radius 1 is 0.700 bits per heavy atom. The molecule has 10 nitrogen and oxygen atoms in total. The molecule has 0 radical (unpaired) electrons. The van der Waals surface area contributed by atoms with Crippen LogP contribution in [0.15, 0.2) is 101 Å². The number of amides is 1. The number of hydrogen-bond donors (Lipinski definition) is 3. The minimum absolute atomic E-state index is 0.0375. The van der Waals surface area contributed by atoms with Crippen LogP contribution in [0.4, 0.5) is 17.1 Å². The van der Waals surface area contributed by atoms with E-state index in [1.165, 1.54) is 56.7 Å². The standard InChI is InChI=1S/C28H27N3O7S2/c1-19-9-10-20(17-27(19)40(35,36)30-22-7-5-4-6-8-22)28(32)29-21-11-14-24(15-12-21)39(33,34)31-25-18-23(37-2)13-16-26(25)38-3/h4-18,30-31H,1-3H3,(H,29,32). The van der Waals surface area contributed by atoms with E-state index in [2.05, 4.69) is 14.8 Å². The monoisotopic (exact) mass is 581 g/mol. The molecule has 0 aliphatic heterocycles. The predicted molar refractivity (Wildman–Crippen MR) is 153 cm³/mol. The van der Waals surface area contributed by atoms with Crippen molar-refractivity contribution in [3.8, 4) is 11.5 Å². The highest BCUT2D eigenvalue weighted by Gasteiger charge is 2.21. The van der Waals surface area contributed by atoms with Crippen LogP contribution < -0.4 is 24.2 Å². The minimum Gasteiger partial charge on any atom is -0.497 e. The fraction of sp³-hybridized carbons (Fsp3) is 0.107. The number of methoxy groups -OCH3 is 2. The lowest BCUT2D eigenvalue weighted by atomic mass is 10.1. The van der Waals surface area contributed by atoms with Gasteiger partial charge in [-0.1, -0.05) is 24.3 Å². The van der Waals surface area contributed by atoms with Crippen molar-refractivity contribution in [2.75, 3.05) is 29.0 Å². The highest BCUT2D eigenvalue weighted by Crippen LogP contribution is 2.31. The molecule has 0 heterocycles. The molecule has 0 fully saturated rings. The van der Waals surface area contributed by atoms with E-state index in [4.69, 9.17) is 9.47 Å². The number of hydrogen-bond acceptors (Lipinski definition) is 7. The van der Waals surface area contributed by atoms with Crippen LogP contribution in [-0.4, -0.2) is 37.0 Å². The van der Waals surface area contributed by atoms with Crippen LogP contribution in [-0.2, 0) is 20.0 Å². The number of aryl methyl sites for hydroxylation is 1. The van der Waals surface area contributed by atoms with Crippen molar-refractivity contribution >= 4 is 43.0 Å². The quantitative estimate of drug-likeness (QED) is 0.243. The number of ether oxygens (including phenoxy) is 2. The van der Waals surface area contributed by atoms with E-state index < -0.39 is 26.0 Å². The molecule has 3 N–H and O–H groups in total. The minimum atomic E-state index is -3.99. The first-order chi connectivity index (χ1) is 19.0. The van der Waals surface area contributed by atoms with Crippen LogP contribution >= 0.6 is 0 Å². The van der Waals surface area contributed by atoms with Crippen LogP contribution in [0.2, 0.25) is 0 Å². The molecule has 4 aromatic rings. The molecular weight excluding hydrogens is 554 g/mol. The highest BCUT2D eigenvalue weighted by atomic mass is 32.2. The molecule has 0 aliphatic carbocycles. The summed E-state index contributed by atoms with van der Waals surface area (Å²) in [6, 6.07) is 23.0. The fourth-order valence-electron chi connectivity index (χ4n) is 3.77. The van der Waals surface area contributed by atoms with Crippen molar-refractivity contribution in [1.29, 1.82) is 0 Å². The number of sulfonamides is 2. The molecule has 0 atom stereocenters. The number of para-hydroxylation sites is 1. The normalized spacial score (nSPS) is 11.4. The van der Waals surface area contributed by atoms with Gasteiger partial charge in [-0.05, 0) is 73.2 Å². The number of carbonyl (C=O) groups is 1. The van der Waals surface area contributed by atoms with E-state index in [1.807, 2.05) is 0 Å². The van der Waals surface area contributed by atoms with Crippen molar-refractivity contribution < 1.29 is 31.1 Å². The SMILES string of the molecule is COc1ccc(OC)c(NS(=O)(=O)c2ccc(NC(=O)c3ccc(C)c(S(=O)(=O)Nc4ccccc4)c3)cc2)c1. The van der Waals surface area contributed by atoms with Crippen molar-refractivity contribution in [3.63, 3.8) is 0 Å². The molecule has 0 aromatic heterocycles. The topological polar surface area (TPSA) is 140 Å². The average molecular weight is 582 g/mol. The second kappa shape index (κ2) is 11.7. The molecule has 208 valence electrons. The molecule has 0 unspecified atom stereocenters. The van der Waals surface area contributed by atoms with Crippen LogP contribution in [0.3, 0.4) is 0 Å². The number of anilines is 3. The number of nitrogens with one attached hydrogen (secondary N) is 3. The Morgan fingerprint density at radius 3 is 2.05 bits per heavy atom. The number of rotatable bonds is 10. The van der Waals surface area contributed by atoms with Gasteiger partial charge in [0.25, 0.3) is 26.0 Å². The van der Waals surface area contributed by atoms with Gasteiger partial charge in [-0.25, -0.2) is 16.8 Å². The largest absolute Gasteiger partial charge is 0.497 e. The van der Waals surface area contributed by atoms with Crippen LogP contribution in [0.25, 0.3) is 0 Å². The van der Waals surface area contributed by atoms with E-state index in [0.717, 1.165) is 0 Å². The van der Waals surface area contributed by atoms with Crippen LogP contribution in [0.1, 0.15) is 15.9 Å². The first kappa shape index (κ1) is 28.5. The molecule has 1 amide bonds. The van der Waals surface area contributed by atoms with Gasteiger partial charge in [0, 0.05) is 23.0 Å². The lowest BCUT2D eigenvalue weighted by Crippen LogP contribution is -2.17. The van der Waals surface area contributed by atoms with E-state index in [1.54, 1.807) is 55.5 Å². The third-order valence-electron chi connectivity index (χ3n) is 5.84. The summed E-state index contributed by atoms with van der Waals surface area (Å²) in [4.78, 5) is 12.8. The molecule has 0 bridgehead atoms. The highest BCUT2D eigenvalue weighted by molar-refractivity contribution is 7.93. The van der Waals surface area contributed by atoms with Gasteiger partial charge in [-0.3, -0.25) is 14.2 Å². The van der Waals surface area contributed by atoms with E-state index in [9.17, 15) is 21.6 Å². The Bertz CT molecular complexity index is 1740. The zero-order chi connectivity index (χ0) is 28.9. The van der Waals surface area contributed by atoms with Crippen molar-refractivity contribution in [2.45, 2.75) is 16.7 Å². The van der Waals surface area contributed by atoms with E-state index in [0.29, 0.717) is 28.4 Å². The zero-order valence-electron chi connectivity index (χ0n) is 21.8. The van der Waals surface area contributed by atoms with Crippen LogP contribution in [0, 0.1) is 6.92 Å². The summed E-state index contributed by atoms with van der Waals surface area (Å²) in [6.45, 7) is 1.63. The fourth-order valence-corrected chi connectivity index (χ4v) is 6.16. The molecule has 0 aliphatic rings. The summed E-state index contributed by atoms with van der Waals surface area (Å²) >= 11 is 0. The maximum atomic E-state index is 13.0. The Morgan fingerprint density at radius 2 is 1.40 bits per heavy atom. The van der Waals surface area contributed by atoms with Crippen molar-refractivity contribution in [1.82, 2.24) is 0 Å². The van der Waals surface area contributed by atoms with Gasteiger partial charge in [0.2, 0.25) is 0 Å². The smallest absolute Gasteiger partial charge is 0.262 e. The maximum absolute atomic E-state index is 13.0. The molecule has 0 saturated heterocycles. The van der Waals surface area contributed by atoms with Gasteiger partial charge in [-0.15, -0.1) is 0 Å². The molecule has 4 aromatic carbocycles. The van der Waals surface area contributed by atoms with Gasteiger partial charge in [0.15, 0.2) is 0 Å². The average Bonchev–Trinajstić information content (AvgIpc) is 2.93. The Hall–Kier alpha value is -4.55. The molecule has 40 heavy (non-hydrogen) atoms. The van der Waals surface area contributed by atoms with Crippen LogP contribution in [0.5, 0.6) is 11.5 Å². The van der Waals surface area contributed by atoms with Gasteiger partial charge in [0.1, 0.15) is 11.5 Å². The molecule has 4 rings (SSSR count). The Balaban J connectivity index is 1.50. The summed E-state index contributed by atoms with van der Waals surface area (Å²) in [5.41, 5.74) is 1.49. The molecular formula is C28H27N3O7S2. The lowest BCUT2D eigenvalue weighted by molar-refractivity contribution is 0.102. The summed E-state index contributed by atoms with van der Waals surface area (Å²) in [5.74, 6) is 0.192. The molecule has 0 spiro atoms. The second-order valence-corrected chi connectivity index (χ2v) is 11.9. The Labute approximate surface area is 233 Å². The summed E-state index contributed by atoms with van der Waals surface area (Å²) < 4.78 is 67.2. The van der Waals surface area contributed by atoms with Gasteiger partial charge in [-0.2, -0.15) is 0 Å². The van der Waals surface area contributed by atoms with E-state index in [-0.39, 0.29) is 21.0 Å². The van der Waals surface area contributed by atoms with Crippen molar-refractivity contribution in [2.24, 2.45) is 0 Å². The third kappa shape index (κ3) is 6.53. The zero-order valence-corrected chi connectivity index (χ0v) is 23.5. The number of benzene rings is 4. The van der Waals surface area contributed by atoms with E-state index >= 15 is 0 Å². The maximum Gasteiger partial charge on any atom is 0.262 e. The van der Waals surface area contributed by atoms with Gasteiger partial charge < -0.3 is 14.8 Å². The molecule has 12 heteroatoms. The second-order valence-electron chi connectivity index (χ2n) is 8.60.